The smallest absolute Gasteiger partial charge is 0.269 e. The Kier molecular flexibility index (Phi) is 7.91. The van der Waals surface area contributed by atoms with Gasteiger partial charge in [-0.2, -0.15) is 0 Å². The van der Waals surface area contributed by atoms with Gasteiger partial charge in [0.05, 0.1) is 22.7 Å². The minimum absolute atomic E-state index is 0.0356. The number of carbonyl (C=O) groups is 3. The molecule has 2 atom stereocenters. The van der Waals surface area contributed by atoms with E-state index in [1.54, 1.807) is 29.8 Å². The maximum atomic E-state index is 14.2. The zero-order valence-corrected chi connectivity index (χ0v) is 24.7. The van der Waals surface area contributed by atoms with E-state index < -0.39 is 46.1 Å². The number of nitrogens with one attached hydrogen (secondary N) is 1. The Morgan fingerprint density at radius 1 is 1.09 bits per heavy atom. The van der Waals surface area contributed by atoms with Gasteiger partial charge < -0.3 is 19.5 Å². The van der Waals surface area contributed by atoms with Crippen LogP contribution in [0.15, 0.2) is 77.7 Å². The fraction of sp³-hybridized carbons (Fsp3) is 0.290. The third-order valence-corrected chi connectivity index (χ3v) is 9.72. The van der Waals surface area contributed by atoms with Gasteiger partial charge in [-0.15, -0.1) is 0 Å². The lowest BCUT2D eigenvalue weighted by Crippen LogP contribution is -2.49. The average molecular weight is 620 g/mol. The topological polar surface area (TPSA) is 131 Å². The Morgan fingerprint density at radius 2 is 1.82 bits per heavy atom. The number of sulfonamides is 1. The lowest BCUT2D eigenvalue weighted by molar-refractivity contribution is -0.142. The van der Waals surface area contributed by atoms with E-state index in [4.69, 9.17) is 9.72 Å². The highest BCUT2D eigenvalue weighted by Gasteiger charge is 2.44. The van der Waals surface area contributed by atoms with Gasteiger partial charge in [0.1, 0.15) is 23.1 Å². The summed E-state index contributed by atoms with van der Waals surface area (Å²) in [4.78, 5) is 47.1. The summed E-state index contributed by atoms with van der Waals surface area (Å²) in [5, 5.41) is 2.89. The van der Waals surface area contributed by atoms with Crippen molar-refractivity contribution in [3.05, 3.63) is 95.6 Å². The van der Waals surface area contributed by atoms with E-state index in [0.29, 0.717) is 27.5 Å². The van der Waals surface area contributed by atoms with E-state index in [-0.39, 0.29) is 35.5 Å². The van der Waals surface area contributed by atoms with E-state index in [2.05, 4.69) is 5.32 Å². The molecule has 1 N–H and O–H groups in total. The second-order valence-corrected chi connectivity index (χ2v) is 12.6. The summed E-state index contributed by atoms with van der Waals surface area (Å²) in [6, 6.07) is 17.0. The first-order valence-corrected chi connectivity index (χ1v) is 15.6. The standard InChI is InChI=1S/C31H30FN5O6S/c1-35-25-10-4-3-9-24(25)34-29(35)28(30(39)33-17-22-7-6-16-43-22)36(18-20-12-14-21(32)15-13-20)27(38)19-37-31(40)23-8-2-5-11-26(23)44(37,41)42/h2-5,8-15,22,28H,6-7,16-19H2,1H3,(H,33,39)/t22-,28-/m0/s1. The molecule has 0 aliphatic carbocycles. The van der Waals surface area contributed by atoms with Crippen LogP contribution in [-0.2, 0) is 37.9 Å². The molecule has 6 rings (SSSR count). The summed E-state index contributed by atoms with van der Waals surface area (Å²) >= 11 is 0. The first kappa shape index (κ1) is 29.5. The molecule has 3 aromatic carbocycles. The zero-order chi connectivity index (χ0) is 31.0. The predicted octanol–water partition coefficient (Wildman–Crippen LogP) is 2.92. The van der Waals surface area contributed by atoms with Crippen LogP contribution in [0.25, 0.3) is 11.0 Å². The van der Waals surface area contributed by atoms with Crippen LogP contribution in [0, 0.1) is 5.82 Å². The van der Waals surface area contributed by atoms with Crippen molar-refractivity contribution in [2.24, 2.45) is 7.05 Å². The molecule has 228 valence electrons. The van der Waals surface area contributed by atoms with Gasteiger partial charge in [-0.25, -0.2) is 22.1 Å². The van der Waals surface area contributed by atoms with Crippen LogP contribution in [0.5, 0.6) is 0 Å². The number of hydrogen-bond acceptors (Lipinski definition) is 7. The monoisotopic (exact) mass is 619 g/mol. The number of fused-ring (bicyclic) bond motifs is 2. The van der Waals surface area contributed by atoms with Gasteiger partial charge in [0, 0.05) is 26.7 Å². The van der Waals surface area contributed by atoms with Crippen LogP contribution in [0.3, 0.4) is 0 Å². The van der Waals surface area contributed by atoms with Crippen LogP contribution >= 0.6 is 0 Å². The number of ether oxygens (including phenoxy) is 1. The van der Waals surface area contributed by atoms with Crippen LogP contribution in [0.4, 0.5) is 4.39 Å². The summed E-state index contributed by atoms with van der Waals surface area (Å²) in [5.41, 5.74) is 1.74. The molecule has 2 aliphatic heterocycles. The zero-order valence-electron chi connectivity index (χ0n) is 23.9. The number of halogens is 1. The van der Waals surface area contributed by atoms with Crippen molar-refractivity contribution >= 4 is 38.8 Å². The number of amides is 3. The molecule has 0 saturated carbocycles. The normalized spacial score (nSPS) is 17.9. The number of imidazole rings is 1. The number of benzene rings is 3. The predicted molar refractivity (Wildman–Crippen MR) is 157 cm³/mol. The second-order valence-electron chi connectivity index (χ2n) is 10.8. The highest BCUT2D eigenvalue weighted by atomic mass is 32.2. The third-order valence-electron chi connectivity index (χ3n) is 7.93. The molecule has 11 nitrogen and oxygen atoms in total. The van der Waals surface area contributed by atoms with Crippen LogP contribution < -0.4 is 5.32 Å². The number of carbonyl (C=O) groups excluding carboxylic acids is 3. The molecular weight excluding hydrogens is 589 g/mol. The third kappa shape index (κ3) is 5.44. The lowest BCUT2D eigenvalue weighted by atomic mass is 10.1. The molecule has 0 radical (unpaired) electrons. The lowest BCUT2D eigenvalue weighted by Gasteiger charge is -2.32. The van der Waals surface area contributed by atoms with E-state index >= 15 is 0 Å². The Labute approximate surface area is 253 Å². The first-order valence-electron chi connectivity index (χ1n) is 14.2. The molecule has 1 fully saturated rings. The SMILES string of the molecule is Cn1c([C@@H](C(=O)NC[C@@H]2CCCO2)N(Cc2ccc(F)cc2)C(=O)CN2C(=O)c3ccccc3S2(=O)=O)nc2ccccc21. The molecule has 0 spiro atoms. The number of aryl methyl sites for hydroxylation is 1. The highest BCUT2D eigenvalue weighted by molar-refractivity contribution is 7.90. The summed E-state index contributed by atoms with van der Waals surface area (Å²) in [7, 11) is -2.60. The number of hydrogen-bond donors (Lipinski definition) is 1. The molecule has 13 heteroatoms. The van der Waals surface area contributed by atoms with Crippen LogP contribution in [-0.4, -0.2) is 70.7 Å². The quantitative estimate of drug-likeness (QED) is 0.305. The summed E-state index contributed by atoms with van der Waals surface area (Å²) in [6.45, 7) is -0.261. The number of aromatic nitrogens is 2. The van der Waals surface area contributed by atoms with E-state index in [9.17, 15) is 27.2 Å². The van der Waals surface area contributed by atoms with Crippen molar-refractivity contribution in [1.29, 1.82) is 0 Å². The summed E-state index contributed by atoms with van der Waals surface area (Å²) in [5.74, 6) is -2.47. The molecule has 4 aromatic rings. The molecule has 0 unspecified atom stereocenters. The number of para-hydroxylation sites is 2. The molecule has 1 saturated heterocycles. The molecule has 44 heavy (non-hydrogen) atoms. The Bertz CT molecular complexity index is 1850. The Morgan fingerprint density at radius 3 is 2.52 bits per heavy atom. The van der Waals surface area contributed by atoms with Gasteiger partial charge in [0.25, 0.3) is 21.8 Å². The van der Waals surface area contributed by atoms with Gasteiger partial charge in [0.15, 0.2) is 6.04 Å². The van der Waals surface area contributed by atoms with Crippen LogP contribution in [0.2, 0.25) is 0 Å². The summed E-state index contributed by atoms with van der Waals surface area (Å²) < 4.78 is 48.3. The maximum Gasteiger partial charge on any atom is 0.269 e. The molecule has 1 aromatic heterocycles. The molecule has 3 amide bonds. The van der Waals surface area contributed by atoms with Gasteiger partial charge >= 0.3 is 0 Å². The van der Waals surface area contributed by atoms with E-state index in [1.807, 2.05) is 12.1 Å². The second kappa shape index (κ2) is 11.8. The fourth-order valence-electron chi connectivity index (χ4n) is 5.63. The number of rotatable bonds is 9. The maximum absolute atomic E-state index is 14.2. The molecular formula is C31H30FN5O6S. The van der Waals surface area contributed by atoms with Gasteiger partial charge in [0.2, 0.25) is 5.91 Å². The van der Waals surface area contributed by atoms with Crippen LogP contribution in [0.1, 0.15) is 40.6 Å². The minimum Gasteiger partial charge on any atom is -0.376 e. The Hall–Kier alpha value is -4.62. The molecule has 0 bridgehead atoms. The highest BCUT2D eigenvalue weighted by Crippen LogP contribution is 2.32. The van der Waals surface area contributed by atoms with Gasteiger partial charge in [-0.3, -0.25) is 14.4 Å². The fourth-order valence-corrected chi connectivity index (χ4v) is 7.15. The average Bonchev–Trinajstić information content (AvgIpc) is 3.71. The van der Waals surface area contributed by atoms with Crippen molar-refractivity contribution in [1.82, 2.24) is 24.1 Å². The van der Waals surface area contributed by atoms with Crippen molar-refractivity contribution in [2.75, 3.05) is 19.7 Å². The summed E-state index contributed by atoms with van der Waals surface area (Å²) in [6.07, 6.45) is 1.45. The van der Waals surface area contributed by atoms with Crippen molar-refractivity contribution in [2.45, 2.75) is 36.4 Å². The van der Waals surface area contributed by atoms with E-state index in [1.165, 1.54) is 47.4 Å². The molecule has 3 heterocycles. The minimum atomic E-state index is -4.31. The number of nitrogens with zero attached hydrogens (tertiary/aromatic N) is 4. The van der Waals surface area contributed by atoms with Crippen molar-refractivity contribution in [3.63, 3.8) is 0 Å². The van der Waals surface area contributed by atoms with Gasteiger partial charge in [-0.05, 0) is 54.8 Å². The Balaban J connectivity index is 1.41. The molecule has 2 aliphatic rings. The first-order chi connectivity index (χ1) is 21.1. The van der Waals surface area contributed by atoms with Crippen molar-refractivity contribution < 1.29 is 31.9 Å². The van der Waals surface area contributed by atoms with Crippen molar-refractivity contribution in [3.8, 4) is 0 Å². The van der Waals surface area contributed by atoms with Gasteiger partial charge in [-0.1, -0.05) is 36.4 Å². The van der Waals surface area contributed by atoms with E-state index in [0.717, 1.165) is 12.8 Å². The largest absolute Gasteiger partial charge is 0.376 e.